The second-order valence-corrected chi connectivity index (χ2v) is 7.53. The Balaban J connectivity index is 0.00000259. The van der Waals surface area contributed by atoms with Gasteiger partial charge in [-0.1, -0.05) is 43.0 Å². The van der Waals surface area contributed by atoms with Gasteiger partial charge in [0.05, 0.1) is 18.4 Å². The minimum absolute atomic E-state index is 0. The number of pyridine rings is 1. The predicted molar refractivity (Wildman–Crippen MR) is 124 cm³/mol. The van der Waals surface area contributed by atoms with Crippen LogP contribution in [0.3, 0.4) is 0 Å². The molecule has 0 aliphatic carbocycles. The number of nitrogens with zero attached hydrogens (tertiary/aromatic N) is 5. The number of ether oxygens (including phenoxy) is 1. The number of likely N-dealkylation sites (N-methyl/N-ethyl adjacent to an activating group) is 1. The molecule has 1 N–H and O–H groups in total. The van der Waals surface area contributed by atoms with Crippen LogP contribution in [-0.2, 0) is 11.3 Å². The molecule has 4 aromatic rings. The summed E-state index contributed by atoms with van der Waals surface area (Å²) in [6.07, 6.45) is 4.96. The number of hydrogen-bond donors (Lipinski definition) is 1. The normalized spacial score (nSPS) is 15.2. The van der Waals surface area contributed by atoms with Crippen LogP contribution in [0.2, 0.25) is 0 Å². The van der Waals surface area contributed by atoms with Crippen LogP contribution >= 0.6 is 0 Å². The maximum atomic E-state index is 13.1. The number of carbonyl (C=O) groups is 2. The van der Waals surface area contributed by atoms with Crippen LogP contribution in [0.4, 0.5) is 5.69 Å². The average Bonchev–Trinajstić information content (AvgIpc) is 3.25. The highest BCUT2D eigenvalue weighted by atomic mass is 16.5. The van der Waals surface area contributed by atoms with Gasteiger partial charge in [0.25, 0.3) is 11.8 Å². The molecule has 9 nitrogen and oxygen atoms in total. The maximum absolute atomic E-state index is 13.1. The topological polar surface area (TPSA) is 102 Å². The molecule has 0 saturated carbocycles. The van der Waals surface area contributed by atoms with E-state index in [1.54, 1.807) is 30.3 Å². The van der Waals surface area contributed by atoms with Crippen molar-refractivity contribution in [3.05, 3.63) is 78.4 Å². The van der Waals surface area contributed by atoms with Gasteiger partial charge in [-0.25, -0.2) is 4.68 Å². The number of carbonyl (C=O) groups excluding carboxylic acids is 2. The van der Waals surface area contributed by atoms with E-state index in [4.69, 9.17) is 4.74 Å². The van der Waals surface area contributed by atoms with Crippen molar-refractivity contribution in [3.63, 3.8) is 0 Å². The molecular formula is C24H24N6O3. The molecule has 0 spiro atoms. The van der Waals surface area contributed by atoms with Crippen molar-refractivity contribution < 1.29 is 14.3 Å². The molecule has 9 heteroatoms. The Morgan fingerprint density at radius 3 is 2.82 bits per heavy atom. The molecule has 1 atom stereocenters. The third kappa shape index (κ3) is 4.25. The number of aromatic nitrogens is 4. The summed E-state index contributed by atoms with van der Waals surface area (Å²) in [6.45, 7) is 0.503. The lowest BCUT2D eigenvalue weighted by molar-refractivity contribution is -0.120. The molecule has 0 saturated heterocycles. The molecule has 5 rings (SSSR count). The van der Waals surface area contributed by atoms with Crippen molar-refractivity contribution >= 4 is 28.3 Å². The highest BCUT2D eigenvalue weighted by molar-refractivity contribution is 6.09. The van der Waals surface area contributed by atoms with Crippen LogP contribution in [0.25, 0.3) is 10.8 Å². The van der Waals surface area contributed by atoms with Gasteiger partial charge in [0, 0.05) is 30.2 Å². The van der Waals surface area contributed by atoms with Crippen molar-refractivity contribution in [3.8, 4) is 5.75 Å². The average molecular weight is 444 g/mol. The Kier molecular flexibility index (Phi) is 6.03. The summed E-state index contributed by atoms with van der Waals surface area (Å²) in [5.74, 6) is -0.192. The van der Waals surface area contributed by atoms with Gasteiger partial charge in [-0.15, -0.1) is 5.10 Å². The van der Waals surface area contributed by atoms with E-state index < -0.39 is 11.9 Å². The molecule has 2 aromatic heterocycles. The third-order valence-corrected chi connectivity index (χ3v) is 5.39. The minimum atomic E-state index is -0.865. The fourth-order valence-electron chi connectivity index (χ4n) is 3.77. The van der Waals surface area contributed by atoms with Gasteiger partial charge in [-0.3, -0.25) is 14.6 Å². The molecule has 168 valence electrons. The second-order valence-electron chi connectivity index (χ2n) is 7.53. The van der Waals surface area contributed by atoms with E-state index in [-0.39, 0.29) is 25.6 Å². The molecule has 0 unspecified atom stereocenters. The second kappa shape index (κ2) is 9.07. The number of rotatable bonds is 4. The van der Waals surface area contributed by atoms with Crippen LogP contribution in [0, 0.1) is 0 Å². The van der Waals surface area contributed by atoms with Gasteiger partial charge in [-0.2, -0.15) is 0 Å². The fraction of sp³-hybridized carbons (Fsp3) is 0.208. The number of amides is 2. The van der Waals surface area contributed by atoms with E-state index in [1.807, 2.05) is 48.5 Å². The lowest BCUT2D eigenvalue weighted by atomic mass is 10.1. The molecule has 3 heterocycles. The van der Waals surface area contributed by atoms with Crippen LogP contribution in [0.1, 0.15) is 23.5 Å². The van der Waals surface area contributed by atoms with E-state index in [1.165, 1.54) is 4.90 Å². The number of benzene rings is 2. The first-order valence-corrected chi connectivity index (χ1v) is 10.1. The summed E-state index contributed by atoms with van der Waals surface area (Å²) in [4.78, 5) is 31.6. The van der Waals surface area contributed by atoms with Crippen molar-refractivity contribution in [1.82, 2.24) is 25.3 Å². The Labute approximate surface area is 191 Å². The van der Waals surface area contributed by atoms with E-state index >= 15 is 0 Å². The first kappa shape index (κ1) is 21.9. The lowest BCUT2D eigenvalue weighted by Crippen LogP contribution is -2.49. The first-order chi connectivity index (χ1) is 15.6. The number of anilines is 1. The standard InChI is InChI=1S/C23H20N6O3.CH4/c1-28-21-17-9-10-24-11-16(17)7-8-20(21)32-14-19(23(28)31)25-22(30)18-13-29(27-26-18)12-15-5-3-2-4-6-15;/h2-11,13,19H,12,14H2,1H3,(H,25,30);1H4/t19-;/m0./s1. The summed E-state index contributed by atoms with van der Waals surface area (Å²) in [7, 11) is 1.67. The molecule has 0 fully saturated rings. The van der Waals surface area contributed by atoms with Crippen LogP contribution < -0.4 is 15.0 Å². The Hall–Kier alpha value is -4.27. The van der Waals surface area contributed by atoms with Crippen molar-refractivity contribution in [2.75, 3.05) is 18.6 Å². The molecule has 1 aliphatic rings. The summed E-state index contributed by atoms with van der Waals surface area (Å²) in [5.41, 5.74) is 1.83. The summed E-state index contributed by atoms with van der Waals surface area (Å²) in [6, 6.07) is 14.4. The van der Waals surface area contributed by atoms with Crippen LogP contribution in [0.5, 0.6) is 5.75 Å². The molecule has 33 heavy (non-hydrogen) atoms. The summed E-state index contributed by atoms with van der Waals surface area (Å²) in [5, 5.41) is 12.5. The first-order valence-electron chi connectivity index (χ1n) is 10.1. The number of nitrogens with one attached hydrogen (secondary N) is 1. The van der Waals surface area contributed by atoms with Gasteiger partial charge >= 0.3 is 0 Å². The molecule has 1 aliphatic heterocycles. The van der Waals surface area contributed by atoms with Crippen molar-refractivity contribution in [2.24, 2.45) is 0 Å². The quantitative estimate of drug-likeness (QED) is 0.519. The zero-order valence-corrected chi connectivity index (χ0v) is 17.3. The van der Waals surface area contributed by atoms with E-state index in [0.29, 0.717) is 18.0 Å². The monoisotopic (exact) mass is 444 g/mol. The van der Waals surface area contributed by atoms with Crippen LogP contribution in [-0.4, -0.2) is 51.5 Å². The van der Waals surface area contributed by atoms with Gasteiger partial charge < -0.3 is 15.0 Å². The highest BCUT2D eigenvalue weighted by Gasteiger charge is 2.32. The largest absolute Gasteiger partial charge is 0.489 e. The summed E-state index contributed by atoms with van der Waals surface area (Å²) < 4.78 is 7.47. The smallest absolute Gasteiger partial charge is 0.274 e. The molecular weight excluding hydrogens is 420 g/mol. The fourth-order valence-corrected chi connectivity index (χ4v) is 3.77. The Morgan fingerprint density at radius 1 is 1.18 bits per heavy atom. The molecule has 2 aromatic carbocycles. The SMILES string of the molecule is C.CN1C(=O)[C@@H](NC(=O)c2cn(Cc3ccccc3)nn2)COc2ccc3cnccc3c21. The molecule has 0 radical (unpaired) electrons. The van der Waals surface area contributed by atoms with Crippen LogP contribution in [0.15, 0.2) is 67.1 Å². The minimum Gasteiger partial charge on any atom is -0.489 e. The predicted octanol–water partition coefficient (Wildman–Crippen LogP) is 2.66. The third-order valence-electron chi connectivity index (χ3n) is 5.39. The Bertz CT molecular complexity index is 1300. The highest BCUT2D eigenvalue weighted by Crippen LogP contribution is 2.37. The van der Waals surface area contributed by atoms with Gasteiger partial charge in [-0.05, 0) is 23.8 Å². The lowest BCUT2D eigenvalue weighted by Gasteiger charge is -2.21. The van der Waals surface area contributed by atoms with Crippen molar-refractivity contribution in [2.45, 2.75) is 20.0 Å². The number of hydrogen-bond acceptors (Lipinski definition) is 6. The zero-order chi connectivity index (χ0) is 22.1. The van der Waals surface area contributed by atoms with E-state index in [2.05, 4.69) is 20.6 Å². The van der Waals surface area contributed by atoms with E-state index in [0.717, 1.165) is 16.3 Å². The van der Waals surface area contributed by atoms with Gasteiger partial charge in [0.15, 0.2) is 5.69 Å². The Morgan fingerprint density at radius 2 is 2.00 bits per heavy atom. The van der Waals surface area contributed by atoms with Gasteiger partial charge in [0.1, 0.15) is 18.4 Å². The van der Waals surface area contributed by atoms with Crippen molar-refractivity contribution in [1.29, 1.82) is 0 Å². The number of fused-ring (bicyclic) bond motifs is 3. The summed E-state index contributed by atoms with van der Waals surface area (Å²) >= 11 is 0. The molecule has 2 amide bonds. The van der Waals surface area contributed by atoms with E-state index in [9.17, 15) is 9.59 Å². The molecule has 0 bridgehead atoms. The zero-order valence-electron chi connectivity index (χ0n) is 17.3. The van der Waals surface area contributed by atoms with Gasteiger partial charge in [0.2, 0.25) is 0 Å². The maximum Gasteiger partial charge on any atom is 0.274 e.